The summed E-state index contributed by atoms with van der Waals surface area (Å²) in [4.78, 5) is 4.63. The topological polar surface area (TPSA) is 42.4 Å². The lowest BCUT2D eigenvalue weighted by Gasteiger charge is -2.28. The summed E-state index contributed by atoms with van der Waals surface area (Å²) < 4.78 is 0. The van der Waals surface area contributed by atoms with Crippen LogP contribution in [-0.4, -0.2) is 43.5 Å². The Labute approximate surface area is 215 Å². The molecule has 0 bridgehead atoms. The van der Waals surface area contributed by atoms with Crippen molar-refractivity contribution < 1.29 is 0 Å². The second-order valence-electron chi connectivity index (χ2n) is 9.18. The fourth-order valence-electron chi connectivity index (χ4n) is 4.95. The third kappa shape index (κ3) is 5.63. The number of nitrogens with one attached hydrogen (secondary N) is 2. The first-order chi connectivity index (χ1) is 17.1. The summed E-state index contributed by atoms with van der Waals surface area (Å²) in [7, 11) is 0. The lowest BCUT2D eigenvalue weighted by Crippen LogP contribution is -2.26. The number of likely N-dealkylation sites (tertiary alicyclic amines) is 1. The van der Waals surface area contributed by atoms with Gasteiger partial charge in [0.2, 0.25) is 0 Å². The Morgan fingerprint density at radius 3 is 2.54 bits per heavy atom. The number of hydrogen-bond donors (Lipinski definition) is 3. The number of hydrogen-bond acceptors (Lipinski definition) is 5. The second kappa shape index (κ2) is 11.6. The van der Waals surface area contributed by atoms with Gasteiger partial charge in [-0.25, -0.2) is 0 Å². The quantitative estimate of drug-likeness (QED) is 0.303. The summed E-state index contributed by atoms with van der Waals surface area (Å²) >= 11 is 3.53. The van der Waals surface area contributed by atoms with Crippen LogP contribution in [0.25, 0.3) is 5.57 Å². The fraction of sp³-hybridized carbons (Fsp3) is 0.300. The largest absolute Gasteiger partial charge is 0.383 e. The average molecular weight is 485 g/mol. The Hall–Kier alpha value is -3.02. The van der Waals surface area contributed by atoms with E-state index in [2.05, 4.69) is 102 Å². The van der Waals surface area contributed by atoms with Gasteiger partial charge in [-0.3, -0.25) is 0 Å². The first-order valence-corrected chi connectivity index (χ1v) is 13.2. The van der Waals surface area contributed by atoms with Crippen molar-refractivity contribution in [3.8, 4) is 0 Å². The van der Waals surface area contributed by atoms with Gasteiger partial charge < -0.3 is 20.5 Å². The molecule has 35 heavy (non-hydrogen) atoms. The lowest BCUT2D eigenvalue weighted by atomic mass is 10.0. The molecule has 0 saturated carbocycles. The average Bonchev–Trinajstić information content (AvgIpc) is 3.57. The maximum atomic E-state index is 7.95. The molecule has 1 saturated heterocycles. The van der Waals surface area contributed by atoms with Crippen molar-refractivity contribution in [1.29, 1.82) is 5.41 Å². The van der Waals surface area contributed by atoms with Crippen LogP contribution in [0.3, 0.4) is 0 Å². The van der Waals surface area contributed by atoms with Crippen LogP contribution in [0, 0.1) is 12.3 Å². The van der Waals surface area contributed by atoms with E-state index in [0.29, 0.717) is 0 Å². The van der Waals surface area contributed by atoms with Crippen molar-refractivity contribution in [3.05, 3.63) is 101 Å². The van der Waals surface area contributed by atoms with E-state index in [1.165, 1.54) is 60.0 Å². The zero-order valence-electron chi connectivity index (χ0n) is 20.8. The van der Waals surface area contributed by atoms with E-state index in [0.717, 1.165) is 42.1 Å². The minimum absolute atomic E-state index is 0.900. The summed E-state index contributed by atoms with van der Waals surface area (Å²) in [5, 5.41) is 11.5. The van der Waals surface area contributed by atoms with Gasteiger partial charge in [0.15, 0.2) is 0 Å². The molecule has 0 radical (unpaired) electrons. The summed E-state index contributed by atoms with van der Waals surface area (Å²) in [5.74, 6) is 0. The molecule has 1 fully saturated rings. The van der Waals surface area contributed by atoms with Gasteiger partial charge in [-0.1, -0.05) is 36.4 Å². The van der Waals surface area contributed by atoms with Crippen LogP contribution in [0.5, 0.6) is 0 Å². The minimum atomic E-state index is 0.900. The molecule has 182 valence electrons. The van der Waals surface area contributed by atoms with Crippen LogP contribution in [0.4, 0.5) is 11.4 Å². The highest BCUT2D eigenvalue weighted by molar-refractivity contribution is 7.79. The number of thiol groups is 1. The highest BCUT2D eigenvalue weighted by Gasteiger charge is 2.24. The molecule has 0 aromatic heterocycles. The van der Waals surface area contributed by atoms with Crippen LogP contribution < -0.4 is 10.2 Å². The van der Waals surface area contributed by atoms with Crippen molar-refractivity contribution in [2.24, 2.45) is 0 Å². The number of nitrogens with zero attached hydrogens (tertiary/aromatic N) is 2. The highest BCUT2D eigenvalue weighted by Crippen LogP contribution is 2.41. The van der Waals surface area contributed by atoms with E-state index in [4.69, 9.17) is 5.41 Å². The molecular weight excluding hydrogens is 448 g/mol. The smallest absolute Gasteiger partial charge is 0.0463 e. The first kappa shape index (κ1) is 25.1. The van der Waals surface area contributed by atoms with Crippen LogP contribution >= 0.6 is 12.6 Å². The SMILES string of the molecule is C=C1C2=C(C=CN1c1ccc(NCCN3CCCC3)c(C=N)c1)CC(c1ccc(C)cc1)=C2.CS. The number of rotatable bonds is 7. The van der Waals surface area contributed by atoms with Gasteiger partial charge in [0, 0.05) is 53.7 Å². The zero-order chi connectivity index (χ0) is 24.8. The maximum Gasteiger partial charge on any atom is 0.0463 e. The van der Waals surface area contributed by atoms with E-state index < -0.39 is 0 Å². The molecule has 4 nitrogen and oxygen atoms in total. The van der Waals surface area contributed by atoms with Crippen molar-refractivity contribution in [2.45, 2.75) is 26.2 Å². The number of aryl methyl sites for hydroxylation is 1. The van der Waals surface area contributed by atoms with Crippen LogP contribution in [0.1, 0.15) is 36.0 Å². The Kier molecular flexibility index (Phi) is 8.32. The third-order valence-electron chi connectivity index (χ3n) is 6.91. The van der Waals surface area contributed by atoms with Crippen LogP contribution in [0.15, 0.2) is 84.2 Å². The molecule has 2 aromatic carbocycles. The number of allylic oxidation sites excluding steroid dienone is 4. The molecule has 0 atom stereocenters. The molecule has 3 aliphatic rings. The predicted molar refractivity (Wildman–Crippen MR) is 155 cm³/mol. The molecule has 5 rings (SSSR count). The normalized spacial score (nSPS) is 17.2. The number of anilines is 2. The maximum absolute atomic E-state index is 7.95. The van der Waals surface area contributed by atoms with Crippen LogP contribution in [-0.2, 0) is 0 Å². The summed E-state index contributed by atoms with van der Waals surface area (Å²) in [6, 6.07) is 15.0. The van der Waals surface area contributed by atoms with Gasteiger partial charge >= 0.3 is 0 Å². The molecule has 1 aliphatic carbocycles. The van der Waals surface area contributed by atoms with Crippen molar-refractivity contribution >= 4 is 35.8 Å². The fourth-order valence-corrected chi connectivity index (χ4v) is 4.95. The standard InChI is InChI=1S/C29H32N4.CH4S/c1-21-5-7-23(8-6-21)25-17-24-11-15-33(22(2)28(24)19-25)27-9-10-29(26(18-27)20-30)31-12-16-32-13-3-4-14-32;1-2/h5-11,15,18-20,30-31H,2-4,12-14,16-17H2,1H3;2H,1H3. The van der Waals surface area contributed by atoms with E-state index in [1.54, 1.807) is 6.26 Å². The monoisotopic (exact) mass is 484 g/mol. The summed E-state index contributed by atoms with van der Waals surface area (Å²) in [6.45, 7) is 10.9. The lowest BCUT2D eigenvalue weighted by molar-refractivity contribution is 0.352. The van der Waals surface area contributed by atoms with E-state index in [9.17, 15) is 0 Å². The summed E-state index contributed by atoms with van der Waals surface area (Å²) in [5.41, 5.74) is 10.4. The van der Waals surface area contributed by atoms with Crippen molar-refractivity contribution in [3.63, 3.8) is 0 Å². The van der Waals surface area contributed by atoms with Crippen molar-refractivity contribution in [1.82, 2.24) is 4.90 Å². The highest BCUT2D eigenvalue weighted by atomic mass is 32.1. The van der Waals surface area contributed by atoms with E-state index >= 15 is 0 Å². The van der Waals surface area contributed by atoms with Gasteiger partial charge in [0.1, 0.15) is 0 Å². The Balaban J connectivity index is 0.00000141. The van der Waals surface area contributed by atoms with Gasteiger partial charge in [-0.2, -0.15) is 12.6 Å². The molecular formula is C30H36N4S. The Morgan fingerprint density at radius 2 is 1.83 bits per heavy atom. The third-order valence-corrected chi connectivity index (χ3v) is 6.91. The van der Waals surface area contributed by atoms with Gasteiger partial charge in [0.25, 0.3) is 0 Å². The zero-order valence-corrected chi connectivity index (χ0v) is 21.7. The molecule has 2 N–H and O–H groups in total. The molecule has 5 heteroatoms. The van der Waals surface area contributed by atoms with Crippen LogP contribution in [0.2, 0.25) is 0 Å². The Morgan fingerprint density at radius 1 is 1.09 bits per heavy atom. The minimum Gasteiger partial charge on any atom is -0.383 e. The summed E-state index contributed by atoms with van der Waals surface area (Å²) in [6.07, 6.45) is 13.3. The Bertz CT molecular complexity index is 1170. The van der Waals surface area contributed by atoms with E-state index in [-0.39, 0.29) is 0 Å². The van der Waals surface area contributed by atoms with Gasteiger partial charge in [0.05, 0.1) is 0 Å². The molecule has 2 aromatic rings. The first-order valence-electron chi connectivity index (χ1n) is 12.4. The molecule has 2 aliphatic heterocycles. The second-order valence-corrected chi connectivity index (χ2v) is 9.18. The van der Waals surface area contributed by atoms with Gasteiger partial charge in [-0.15, -0.1) is 0 Å². The molecule has 0 unspecified atom stereocenters. The van der Waals surface area contributed by atoms with Gasteiger partial charge in [-0.05, 0) is 92.6 Å². The van der Waals surface area contributed by atoms with E-state index in [1.807, 2.05) is 0 Å². The molecule has 0 amide bonds. The van der Waals surface area contributed by atoms with Crippen molar-refractivity contribution in [2.75, 3.05) is 42.7 Å². The predicted octanol–water partition coefficient (Wildman–Crippen LogP) is 6.68. The number of benzene rings is 2. The molecule has 0 spiro atoms. The molecule has 2 heterocycles.